The molecule has 1 aromatic heterocycles. The smallest absolute Gasteiger partial charge is 0.195 e. The van der Waals surface area contributed by atoms with Gasteiger partial charge in [0.05, 0.1) is 4.47 Å². The molecular formula is C11H11BrClNO. The Hall–Kier alpha value is -0.540. The Kier molecular flexibility index (Phi) is 3.03. The molecule has 0 aliphatic carbocycles. The number of oxazole rings is 1. The summed E-state index contributed by atoms with van der Waals surface area (Å²) in [5.41, 5.74) is 1.58. The average molecular weight is 289 g/mol. The maximum Gasteiger partial charge on any atom is 0.195 e. The Morgan fingerprint density at radius 3 is 2.87 bits per heavy atom. The predicted octanol–water partition coefficient (Wildman–Crippen LogP) is 4.44. The van der Waals surface area contributed by atoms with Crippen LogP contribution in [0.2, 0.25) is 5.02 Å². The maximum atomic E-state index is 5.93. The first kappa shape index (κ1) is 11.0. The first-order valence-electron chi connectivity index (χ1n) is 4.80. The zero-order chi connectivity index (χ0) is 11.0. The molecule has 0 N–H and O–H groups in total. The third kappa shape index (κ3) is 2.34. The first-order chi connectivity index (χ1) is 7.06. The minimum Gasteiger partial charge on any atom is -0.439 e. The van der Waals surface area contributed by atoms with Crippen molar-refractivity contribution in [2.24, 2.45) is 5.92 Å². The summed E-state index contributed by atoms with van der Waals surface area (Å²) in [5, 5.41) is 0.666. The van der Waals surface area contributed by atoms with Crippen LogP contribution in [0.4, 0.5) is 0 Å². The van der Waals surface area contributed by atoms with Gasteiger partial charge in [-0.25, -0.2) is 4.98 Å². The largest absolute Gasteiger partial charge is 0.439 e. The van der Waals surface area contributed by atoms with Gasteiger partial charge < -0.3 is 4.42 Å². The second kappa shape index (κ2) is 4.14. The molecule has 2 nitrogen and oxygen atoms in total. The molecule has 1 aromatic carbocycles. The second-order valence-corrected chi connectivity index (χ2v) is 5.23. The highest BCUT2D eigenvalue weighted by atomic mass is 79.9. The highest BCUT2D eigenvalue weighted by molar-refractivity contribution is 9.10. The molecular weight excluding hydrogens is 277 g/mol. The van der Waals surface area contributed by atoms with Crippen molar-refractivity contribution < 1.29 is 4.42 Å². The van der Waals surface area contributed by atoms with Gasteiger partial charge in [-0.05, 0) is 34.0 Å². The van der Waals surface area contributed by atoms with Gasteiger partial charge in [0.25, 0.3) is 0 Å². The minimum atomic E-state index is 0.535. The molecule has 0 aliphatic heterocycles. The average Bonchev–Trinajstić information content (AvgIpc) is 2.45. The molecule has 0 fully saturated rings. The highest BCUT2D eigenvalue weighted by Gasteiger charge is 2.11. The Morgan fingerprint density at radius 1 is 1.47 bits per heavy atom. The SMILES string of the molecule is CC(C)Cc1nc2cc(Cl)cc(Br)c2o1. The van der Waals surface area contributed by atoms with Crippen LogP contribution in [0.5, 0.6) is 0 Å². The van der Waals surface area contributed by atoms with Crippen LogP contribution in [0, 0.1) is 5.92 Å². The van der Waals surface area contributed by atoms with Crippen molar-refractivity contribution in [2.75, 3.05) is 0 Å². The highest BCUT2D eigenvalue weighted by Crippen LogP contribution is 2.29. The van der Waals surface area contributed by atoms with Gasteiger partial charge in [0.15, 0.2) is 11.5 Å². The van der Waals surface area contributed by atoms with Crippen LogP contribution >= 0.6 is 27.5 Å². The van der Waals surface area contributed by atoms with Crippen molar-refractivity contribution in [3.05, 3.63) is 27.5 Å². The fourth-order valence-electron chi connectivity index (χ4n) is 1.44. The summed E-state index contributed by atoms with van der Waals surface area (Å²) in [4.78, 5) is 4.39. The Balaban J connectivity index is 2.50. The summed E-state index contributed by atoms with van der Waals surface area (Å²) >= 11 is 9.34. The van der Waals surface area contributed by atoms with Crippen LogP contribution in [0.3, 0.4) is 0 Å². The normalized spacial score (nSPS) is 11.5. The lowest BCUT2D eigenvalue weighted by atomic mass is 10.1. The molecule has 80 valence electrons. The van der Waals surface area contributed by atoms with E-state index in [2.05, 4.69) is 34.8 Å². The van der Waals surface area contributed by atoms with Crippen LogP contribution in [0.25, 0.3) is 11.1 Å². The Labute approximate surface area is 102 Å². The van der Waals surface area contributed by atoms with E-state index in [1.54, 1.807) is 0 Å². The summed E-state index contributed by atoms with van der Waals surface area (Å²) in [5.74, 6) is 1.30. The zero-order valence-electron chi connectivity index (χ0n) is 8.55. The zero-order valence-corrected chi connectivity index (χ0v) is 10.9. The van der Waals surface area contributed by atoms with Gasteiger partial charge in [-0.3, -0.25) is 0 Å². The number of halogens is 2. The van der Waals surface area contributed by atoms with Gasteiger partial charge >= 0.3 is 0 Å². The van der Waals surface area contributed by atoms with Crippen LogP contribution in [0.1, 0.15) is 19.7 Å². The summed E-state index contributed by atoms with van der Waals surface area (Å²) in [6, 6.07) is 3.63. The number of hydrogen-bond donors (Lipinski definition) is 0. The van der Waals surface area contributed by atoms with Crippen LogP contribution in [-0.4, -0.2) is 4.98 Å². The van der Waals surface area contributed by atoms with E-state index < -0.39 is 0 Å². The molecule has 0 saturated carbocycles. The van der Waals surface area contributed by atoms with Gasteiger partial charge in [0.1, 0.15) is 5.52 Å². The van der Waals surface area contributed by atoms with Gasteiger partial charge in [0.2, 0.25) is 0 Å². The number of hydrogen-bond acceptors (Lipinski definition) is 2. The lowest BCUT2D eigenvalue weighted by molar-refractivity contribution is 0.481. The molecule has 0 bridgehead atoms. The quantitative estimate of drug-likeness (QED) is 0.816. The monoisotopic (exact) mass is 287 g/mol. The van der Waals surface area contributed by atoms with E-state index in [-0.39, 0.29) is 0 Å². The van der Waals surface area contributed by atoms with E-state index in [4.69, 9.17) is 16.0 Å². The number of benzene rings is 1. The van der Waals surface area contributed by atoms with Crippen LogP contribution in [-0.2, 0) is 6.42 Å². The summed E-state index contributed by atoms with van der Waals surface area (Å²) in [6.45, 7) is 4.27. The fraction of sp³-hybridized carbons (Fsp3) is 0.364. The summed E-state index contributed by atoms with van der Waals surface area (Å²) in [7, 11) is 0. The third-order valence-electron chi connectivity index (χ3n) is 2.04. The lowest BCUT2D eigenvalue weighted by Gasteiger charge is -1.97. The molecule has 0 spiro atoms. The van der Waals surface area contributed by atoms with E-state index >= 15 is 0 Å². The van der Waals surface area contributed by atoms with Crippen molar-refractivity contribution in [3.8, 4) is 0 Å². The van der Waals surface area contributed by atoms with E-state index in [1.807, 2.05) is 12.1 Å². The number of rotatable bonds is 2. The predicted molar refractivity (Wildman–Crippen MR) is 65.3 cm³/mol. The Morgan fingerprint density at radius 2 is 2.20 bits per heavy atom. The molecule has 0 unspecified atom stereocenters. The first-order valence-corrected chi connectivity index (χ1v) is 5.98. The molecule has 1 heterocycles. The summed E-state index contributed by atoms with van der Waals surface area (Å²) < 4.78 is 6.50. The third-order valence-corrected chi connectivity index (χ3v) is 2.84. The molecule has 2 aromatic rings. The molecule has 15 heavy (non-hydrogen) atoms. The molecule has 0 aliphatic rings. The minimum absolute atomic E-state index is 0.535. The lowest BCUT2D eigenvalue weighted by Crippen LogP contribution is -1.93. The van der Waals surface area contributed by atoms with Crippen LogP contribution in [0.15, 0.2) is 21.0 Å². The standard InChI is InChI=1S/C11H11BrClNO/c1-6(2)3-10-14-9-5-7(13)4-8(12)11(9)15-10/h4-6H,3H2,1-2H3. The number of aromatic nitrogens is 1. The van der Waals surface area contributed by atoms with E-state index in [0.29, 0.717) is 10.9 Å². The van der Waals surface area contributed by atoms with Crippen molar-refractivity contribution in [1.82, 2.24) is 4.98 Å². The second-order valence-electron chi connectivity index (χ2n) is 3.94. The molecule has 0 radical (unpaired) electrons. The van der Waals surface area contributed by atoms with E-state index in [0.717, 1.165) is 27.9 Å². The van der Waals surface area contributed by atoms with E-state index in [1.165, 1.54) is 0 Å². The fourth-order valence-corrected chi connectivity index (χ4v) is 2.32. The molecule has 0 amide bonds. The van der Waals surface area contributed by atoms with Gasteiger partial charge in [-0.2, -0.15) is 0 Å². The van der Waals surface area contributed by atoms with Gasteiger partial charge in [-0.15, -0.1) is 0 Å². The van der Waals surface area contributed by atoms with Gasteiger partial charge in [-0.1, -0.05) is 25.4 Å². The number of nitrogens with zero attached hydrogens (tertiary/aromatic N) is 1. The van der Waals surface area contributed by atoms with Crippen molar-refractivity contribution in [3.63, 3.8) is 0 Å². The van der Waals surface area contributed by atoms with Crippen molar-refractivity contribution in [2.45, 2.75) is 20.3 Å². The van der Waals surface area contributed by atoms with Gasteiger partial charge in [0, 0.05) is 11.4 Å². The number of fused-ring (bicyclic) bond motifs is 1. The Bertz CT molecular complexity index is 493. The molecule has 2 rings (SSSR count). The van der Waals surface area contributed by atoms with Crippen molar-refractivity contribution in [1.29, 1.82) is 0 Å². The van der Waals surface area contributed by atoms with Crippen molar-refractivity contribution >= 4 is 38.6 Å². The van der Waals surface area contributed by atoms with E-state index in [9.17, 15) is 0 Å². The van der Waals surface area contributed by atoms with Crippen LogP contribution < -0.4 is 0 Å². The molecule has 0 saturated heterocycles. The maximum absolute atomic E-state index is 5.93. The molecule has 4 heteroatoms. The topological polar surface area (TPSA) is 26.0 Å². The summed E-state index contributed by atoms with van der Waals surface area (Å²) in [6.07, 6.45) is 0.846. The molecule has 0 atom stereocenters.